The van der Waals surface area contributed by atoms with Gasteiger partial charge in [0.1, 0.15) is 12.2 Å². The zero-order chi connectivity index (χ0) is 10.7. The van der Waals surface area contributed by atoms with Crippen molar-refractivity contribution in [1.82, 2.24) is 0 Å². The van der Waals surface area contributed by atoms with Gasteiger partial charge in [-0.3, -0.25) is 0 Å². The Morgan fingerprint density at radius 2 is 1.79 bits per heavy atom. The summed E-state index contributed by atoms with van der Waals surface area (Å²) in [5.41, 5.74) is 0. The Balaban J connectivity index is 2.63. The molecule has 0 radical (unpaired) electrons. The number of ether oxygens (including phenoxy) is 1. The van der Waals surface area contributed by atoms with E-state index in [9.17, 15) is 15.3 Å². The molecule has 5 heteroatoms. The van der Waals surface area contributed by atoms with Crippen molar-refractivity contribution in [2.45, 2.75) is 37.8 Å². The molecule has 0 unspecified atom stereocenters. The molecule has 0 saturated heterocycles. The van der Waals surface area contributed by atoms with Crippen molar-refractivity contribution in [1.29, 1.82) is 0 Å². The summed E-state index contributed by atoms with van der Waals surface area (Å²) >= 11 is 0. The van der Waals surface area contributed by atoms with Crippen LogP contribution in [0.4, 0.5) is 0 Å². The van der Waals surface area contributed by atoms with Crippen LogP contribution in [0.25, 0.3) is 0 Å². The fraction of sp³-hybridized carbons (Fsp3) is 1.00. The molecule has 0 heterocycles. The first-order valence-electron chi connectivity index (χ1n) is 4.88. The van der Waals surface area contributed by atoms with E-state index < -0.39 is 30.3 Å². The summed E-state index contributed by atoms with van der Waals surface area (Å²) in [4.78, 5) is 0. The standard InChI is InChI=1S/C9H18O5/c1-2-14-6-3-5(4-10)7(11)9(13)8(6)12/h5-13H,2-4H2,1H3/t5-,6-,7+,8+,9+/m1/s1. The van der Waals surface area contributed by atoms with Crippen molar-refractivity contribution in [2.24, 2.45) is 5.92 Å². The summed E-state index contributed by atoms with van der Waals surface area (Å²) in [6, 6.07) is 0. The molecule has 0 amide bonds. The molecule has 0 aliphatic heterocycles. The van der Waals surface area contributed by atoms with E-state index in [1.54, 1.807) is 6.92 Å². The van der Waals surface area contributed by atoms with Crippen molar-refractivity contribution in [3.8, 4) is 0 Å². The van der Waals surface area contributed by atoms with E-state index in [1.807, 2.05) is 0 Å². The third-order valence-electron chi connectivity index (χ3n) is 2.71. The second-order valence-corrected chi connectivity index (χ2v) is 3.64. The van der Waals surface area contributed by atoms with E-state index in [4.69, 9.17) is 9.84 Å². The first kappa shape index (κ1) is 11.9. The number of aliphatic hydroxyl groups is 4. The summed E-state index contributed by atoms with van der Waals surface area (Å²) < 4.78 is 5.21. The minimum atomic E-state index is -1.24. The molecule has 0 aromatic heterocycles. The molecule has 1 saturated carbocycles. The molecule has 0 aromatic carbocycles. The molecule has 5 nitrogen and oxygen atoms in total. The first-order valence-corrected chi connectivity index (χ1v) is 4.88. The normalized spacial score (nSPS) is 43.9. The molecule has 0 spiro atoms. The Hall–Kier alpha value is -0.200. The maximum Gasteiger partial charge on any atom is 0.109 e. The molecule has 14 heavy (non-hydrogen) atoms. The van der Waals surface area contributed by atoms with Crippen molar-refractivity contribution >= 4 is 0 Å². The van der Waals surface area contributed by atoms with Gasteiger partial charge in [-0.2, -0.15) is 0 Å². The van der Waals surface area contributed by atoms with Gasteiger partial charge in [-0.25, -0.2) is 0 Å². The molecular weight excluding hydrogens is 188 g/mol. The van der Waals surface area contributed by atoms with Crippen molar-refractivity contribution < 1.29 is 25.2 Å². The molecule has 0 aromatic rings. The average molecular weight is 206 g/mol. The second kappa shape index (κ2) is 5.04. The van der Waals surface area contributed by atoms with Crippen LogP contribution in [0.15, 0.2) is 0 Å². The minimum absolute atomic E-state index is 0.214. The van der Waals surface area contributed by atoms with E-state index in [1.165, 1.54) is 0 Å². The predicted octanol–water partition coefficient (Wildman–Crippen LogP) is -1.51. The molecule has 1 aliphatic rings. The third kappa shape index (κ3) is 2.24. The Morgan fingerprint density at radius 1 is 1.14 bits per heavy atom. The Bertz CT molecular complexity index is 171. The molecule has 4 N–H and O–H groups in total. The van der Waals surface area contributed by atoms with Gasteiger partial charge < -0.3 is 25.2 Å². The highest BCUT2D eigenvalue weighted by molar-refractivity contribution is 4.92. The topological polar surface area (TPSA) is 90.2 Å². The third-order valence-corrected chi connectivity index (χ3v) is 2.71. The average Bonchev–Trinajstić information content (AvgIpc) is 2.19. The summed E-state index contributed by atoms with van der Waals surface area (Å²) in [5.74, 6) is -0.426. The molecule has 84 valence electrons. The zero-order valence-corrected chi connectivity index (χ0v) is 8.21. The molecule has 1 aliphatic carbocycles. The maximum absolute atomic E-state index is 9.54. The minimum Gasteiger partial charge on any atom is -0.396 e. The monoisotopic (exact) mass is 206 g/mol. The van der Waals surface area contributed by atoms with E-state index in [0.717, 1.165) is 0 Å². The van der Waals surface area contributed by atoms with E-state index >= 15 is 0 Å². The predicted molar refractivity (Wildman–Crippen MR) is 48.6 cm³/mol. The largest absolute Gasteiger partial charge is 0.396 e. The lowest BCUT2D eigenvalue weighted by Crippen LogP contribution is -2.55. The summed E-state index contributed by atoms with van der Waals surface area (Å²) in [6.07, 6.45) is -3.53. The SMILES string of the molecule is CCO[C@@H]1C[C@H](CO)[C@H](O)[C@H](O)[C@H]1O. The van der Waals surface area contributed by atoms with Gasteiger partial charge in [0.25, 0.3) is 0 Å². The number of hydrogen-bond acceptors (Lipinski definition) is 5. The van der Waals surface area contributed by atoms with Gasteiger partial charge in [0.2, 0.25) is 0 Å². The Kier molecular flexibility index (Phi) is 4.28. The highest BCUT2D eigenvalue weighted by atomic mass is 16.5. The van der Waals surface area contributed by atoms with Gasteiger partial charge in [-0.15, -0.1) is 0 Å². The lowest BCUT2D eigenvalue weighted by Gasteiger charge is -2.39. The van der Waals surface area contributed by atoms with Crippen molar-refractivity contribution in [2.75, 3.05) is 13.2 Å². The molecular formula is C9H18O5. The summed E-state index contributed by atoms with van der Waals surface area (Å²) in [7, 11) is 0. The van der Waals surface area contributed by atoms with Gasteiger partial charge in [-0.05, 0) is 13.3 Å². The molecule has 1 fully saturated rings. The fourth-order valence-electron chi connectivity index (χ4n) is 1.84. The fourth-order valence-corrected chi connectivity index (χ4v) is 1.84. The lowest BCUT2D eigenvalue weighted by molar-refractivity contribution is -0.176. The molecule has 1 rings (SSSR count). The number of hydrogen-bond donors (Lipinski definition) is 4. The lowest BCUT2D eigenvalue weighted by atomic mass is 9.81. The van der Waals surface area contributed by atoms with Crippen LogP contribution in [-0.2, 0) is 4.74 Å². The van der Waals surface area contributed by atoms with Gasteiger partial charge in [0.05, 0.1) is 12.2 Å². The first-order chi connectivity index (χ1) is 6.61. The van der Waals surface area contributed by atoms with Crippen molar-refractivity contribution in [3.63, 3.8) is 0 Å². The number of aliphatic hydroxyl groups excluding tert-OH is 4. The quantitative estimate of drug-likeness (QED) is 0.450. The zero-order valence-electron chi connectivity index (χ0n) is 8.21. The van der Waals surface area contributed by atoms with Crippen LogP contribution in [0.5, 0.6) is 0 Å². The summed E-state index contributed by atoms with van der Waals surface area (Å²) in [5, 5.41) is 37.4. The highest BCUT2D eigenvalue weighted by Crippen LogP contribution is 2.27. The van der Waals surface area contributed by atoms with Gasteiger partial charge in [0.15, 0.2) is 0 Å². The highest BCUT2D eigenvalue weighted by Gasteiger charge is 2.42. The van der Waals surface area contributed by atoms with E-state index in [0.29, 0.717) is 13.0 Å². The summed E-state index contributed by atoms with van der Waals surface area (Å²) in [6.45, 7) is 2.01. The Morgan fingerprint density at radius 3 is 2.29 bits per heavy atom. The van der Waals surface area contributed by atoms with Gasteiger partial charge >= 0.3 is 0 Å². The van der Waals surface area contributed by atoms with Crippen LogP contribution in [0.3, 0.4) is 0 Å². The smallest absolute Gasteiger partial charge is 0.109 e. The van der Waals surface area contributed by atoms with E-state index in [2.05, 4.69) is 0 Å². The van der Waals surface area contributed by atoms with Crippen molar-refractivity contribution in [3.05, 3.63) is 0 Å². The van der Waals surface area contributed by atoms with Crippen LogP contribution in [0, 0.1) is 5.92 Å². The van der Waals surface area contributed by atoms with Crippen LogP contribution < -0.4 is 0 Å². The van der Waals surface area contributed by atoms with Crippen LogP contribution in [-0.4, -0.2) is 58.1 Å². The molecule has 0 bridgehead atoms. The van der Waals surface area contributed by atoms with E-state index in [-0.39, 0.29) is 6.61 Å². The van der Waals surface area contributed by atoms with Crippen LogP contribution >= 0.6 is 0 Å². The second-order valence-electron chi connectivity index (χ2n) is 3.64. The maximum atomic E-state index is 9.54. The van der Waals surface area contributed by atoms with Gasteiger partial charge in [-0.1, -0.05) is 0 Å². The molecule has 5 atom stereocenters. The van der Waals surface area contributed by atoms with Crippen LogP contribution in [0.2, 0.25) is 0 Å². The number of rotatable bonds is 3. The Labute approximate surface area is 82.9 Å². The van der Waals surface area contributed by atoms with Gasteiger partial charge in [0, 0.05) is 19.1 Å². The van der Waals surface area contributed by atoms with Crippen LogP contribution in [0.1, 0.15) is 13.3 Å².